The Balaban J connectivity index is 3.23. The molecule has 0 bridgehead atoms. The summed E-state index contributed by atoms with van der Waals surface area (Å²) in [6.45, 7) is 0. The lowest BCUT2D eigenvalue weighted by atomic mass is 9.95. The minimum atomic E-state index is -0.377. The van der Waals surface area contributed by atoms with Gasteiger partial charge in [0.15, 0.2) is 0 Å². The van der Waals surface area contributed by atoms with Gasteiger partial charge in [-0.05, 0) is 11.6 Å². The van der Waals surface area contributed by atoms with Gasteiger partial charge in [0, 0.05) is 0 Å². The fourth-order valence-electron chi connectivity index (χ4n) is 0.939. The molecule has 0 fully saturated rings. The molecule has 1 aromatic rings. The quantitative estimate of drug-likeness (QED) is 0.539. The summed E-state index contributed by atoms with van der Waals surface area (Å²) >= 11 is 0. The summed E-state index contributed by atoms with van der Waals surface area (Å²) < 4.78 is 13.1. The van der Waals surface area contributed by atoms with Gasteiger partial charge in [-0.2, -0.15) is 5.26 Å². The molecule has 54 valence electrons. The van der Waals surface area contributed by atoms with Crippen LogP contribution in [0.1, 0.15) is 11.1 Å². The maximum atomic E-state index is 13.1. The molecule has 0 aromatic heterocycles. The van der Waals surface area contributed by atoms with Crippen LogP contribution in [0.15, 0.2) is 18.2 Å². The normalized spacial score (nSPS) is 9.09. The van der Waals surface area contributed by atoms with Crippen molar-refractivity contribution >= 4 is 7.85 Å². The van der Waals surface area contributed by atoms with Gasteiger partial charge in [0.1, 0.15) is 19.7 Å². The van der Waals surface area contributed by atoms with Crippen molar-refractivity contribution in [3.63, 3.8) is 0 Å². The number of rotatable bonds is 1. The molecular weight excluding hydrogens is 140 g/mol. The van der Waals surface area contributed by atoms with Crippen LogP contribution in [0, 0.1) is 17.1 Å². The van der Waals surface area contributed by atoms with E-state index in [1.165, 1.54) is 6.07 Å². The first-order chi connectivity index (χ1) is 5.29. The van der Waals surface area contributed by atoms with Gasteiger partial charge in [0.05, 0.1) is 5.56 Å². The molecule has 11 heavy (non-hydrogen) atoms. The summed E-state index contributed by atoms with van der Waals surface area (Å²) in [6.07, 6.45) is 0.626. The van der Waals surface area contributed by atoms with Crippen LogP contribution in [0.3, 0.4) is 0 Å². The summed E-state index contributed by atoms with van der Waals surface area (Å²) in [5.41, 5.74) is 0.730. The maximum Gasteiger partial charge on any atom is 0.143 e. The Labute approximate surface area is 65.9 Å². The van der Waals surface area contributed by atoms with Crippen LogP contribution in [0.4, 0.5) is 4.39 Å². The van der Waals surface area contributed by atoms with Crippen LogP contribution < -0.4 is 0 Å². The van der Waals surface area contributed by atoms with Gasteiger partial charge in [-0.25, -0.2) is 4.39 Å². The topological polar surface area (TPSA) is 23.8 Å². The Morgan fingerprint density at radius 1 is 1.55 bits per heavy atom. The van der Waals surface area contributed by atoms with Crippen LogP contribution in [0.5, 0.6) is 0 Å². The van der Waals surface area contributed by atoms with Gasteiger partial charge in [0.2, 0.25) is 0 Å². The average molecular weight is 147 g/mol. The molecule has 1 aromatic carbocycles. The summed E-state index contributed by atoms with van der Waals surface area (Å²) in [6, 6.07) is 6.66. The molecule has 3 heteroatoms. The Morgan fingerprint density at radius 2 is 2.27 bits per heavy atom. The molecule has 0 atom stereocenters. The fourth-order valence-corrected chi connectivity index (χ4v) is 0.939. The maximum absolute atomic E-state index is 13.1. The van der Waals surface area contributed by atoms with Crippen LogP contribution in [-0.2, 0) is 6.32 Å². The van der Waals surface area contributed by atoms with Crippen molar-refractivity contribution in [1.82, 2.24) is 0 Å². The number of nitriles is 1. The molecule has 0 heterocycles. The van der Waals surface area contributed by atoms with Crippen molar-refractivity contribution in [2.24, 2.45) is 0 Å². The highest BCUT2D eigenvalue weighted by Gasteiger charge is 2.03. The third kappa shape index (κ3) is 1.40. The molecule has 0 aliphatic heterocycles. The number of hydrogen-bond donors (Lipinski definition) is 0. The van der Waals surface area contributed by atoms with E-state index in [1.54, 1.807) is 18.2 Å². The monoisotopic (exact) mass is 147 g/mol. The second kappa shape index (κ2) is 3.20. The molecule has 0 saturated heterocycles. The molecule has 0 radical (unpaired) electrons. The Hall–Kier alpha value is -1.30. The minimum absolute atomic E-state index is 0.129. The summed E-state index contributed by atoms with van der Waals surface area (Å²) in [4.78, 5) is 0. The van der Waals surface area contributed by atoms with Crippen LogP contribution in [0.2, 0.25) is 0 Å². The molecule has 0 unspecified atom stereocenters. The van der Waals surface area contributed by atoms with Gasteiger partial charge < -0.3 is 0 Å². The highest BCUT2D eigenvalue weighted by Crippen LogP contribution is 2.11. The van der Waals surface area contributed by atoms with E-state index in [9.17, 15) is 4.39 Å². The predicted octanol–water partition coefficient (Wildman–Crippen LogP) is 0.830. The first-order valence-electron chi connectivity index (χ1n) is 3.47. The van der Waals surface area contributed by atoms with E-state index in [-0.39, 0.29) is 11.4 Å². The number of nitrogens with zero attached hydrogens (tertiary/aromatic N) is 1. The lowest BCUT2D eigenvalue weighted by Gasteiger charge is -1.98. The SMILES string of the molecule is BCc1cccc(C#N)c1F. The summed E-state index contributed by atoms with van der Waals surface area (Å²) in [5, 5.41) is 8.45. The zero-order valence-electron chi connectivity index (χ0n) is 6.26. The molecule has 1 rings (SSSR count). The standard InChI is InChI=1S/C8H7BFN/c9-4-6-2-1-3-7(5-11)8(6)10/h1-3H,4,9H2. The molecular formula is C8H7BFN. The van der Waals surface area contributed by atoms with Gasteiger partial charge in [-0.3, -0.25) is 0 Å². The van der Waals surface area contributed by atoms with E-state index in [1.807, 2.05) is 7.85 Å². The Morgan fingerprint density at radius 3 is 2.82 bits per heavy atom. The molecule has 0 amide bonds. The molecule has 0 aliphatic carbocycles. The number of halogens is 1. The van der Waals surface area contributed by atoms with E-state index < -0.39 is 0 Å². The highest BCUT2D eigenvalue weighted by molar-refractivity contribution is 6.08. The van der Waals surface area contributed by atoms with Crippen molar-refractivity contribution in [3.05, 3.63) is 35.1 Å². The van der Waals surface area contributed by atoms with Crippen LogP contribution >= 0.6 is 0 Å². The first kappa shape index (κ1) is 7.81. The van der Waals surface area contributed by atoms with Gasteiger partial charge in [0.25, 0.3) is 0 Å². The third-order valence-corrected chi connectivity index (χ3v) is 1.58. The largest absolute Gasteiger partial charge is 0.205 e. The molecule has 0 spiro atoms. The average Bonchev–Trinajstić information content (AvgIpc) is 2.05. The Kier molecular flexibility index (Phi) is 2.27. The highest BCUT2D eigenvalue weighted by atomic mass is 19.1. The van der Waals surface area contributed by atoms with Crippen molar-refractivity contribution in [1.29, 1.82) is 5.26 Å². The van der Waals surface area contributed by atoms with E-state index in [4.69, 9.17) is 5.26 Å². The lowest BCUT2D eigenvalue weighted by Crippen LogP contribution is -1.92. The van der Waals surface area contributed by atoms with E-state index in [2.05, 4.69) is 0 Å². The molecule has 1 nitrogen and oxygen atoms in total. The number of benzene rings is 1. The zero-order valence-corrected chi connectivity index (χ0v) is 6.26. The van der Waals surface area contributed by atoms with E-state index in [0.29, 0.717) is 11.9 Å². The second-order valence-electron chi connectivity index (χ2n) is 2.24. The van der Waals surface area contributed by atoms with Crippen molar-refractivity contribution in [3.8, 4) is 6.07 Å². The van der Waals surface area contributed by atoms with Gasteiger partial charge in [-0.1, -0.05) is 18.5 Å². The van der Waals surface area contributed by atoms with E-state index >= 15 is 0 Å². The van der Waals surface area contributed by atoms with Crippen LogP contribution in [-0.4, -0.2) is 7.85 Å². The van der Waals surface area contributed by atoms with Gasteiger partial charge >= 0.3 is 0 Å². The molecule has 0 N–H and O–H groups in total. The second-order valence-corrected chi connectivity index (χ2v) is 2.24. The smallest absolute Gasteiger partial charge is 0.143 e. The van der Waals surface area contributed by atoms with Crippen molar-refractivity contribution in [2.75, 3.05) is 0 Å². The number of hydrogen-bond acceptors (Lipinski definition) is 1. The van der Waals surface area contributed by atoms with Crippen LogP contribution in [0.25, 0.3) is 0 Å². The fraction of sp³-hybridized carbons (Fsp3) is 0.125. The van der Waals surface area contributed by atoms with E-state index in [0.717, 1.165) is 0 Å². The predicted molar refractivity (Wildman–Crippen MR) is 43.4 cm³/mol. The van der Waals surface area contributed by atoms with Gasteiger partial charge in [-0.15, -0.1) is 0 Å². The van der Waals surface area contributed by atoms with Crippen molar-refractivity contribution in [2.45, 2.75) is 6.32 Å². The molecule has 0 saturated carbocycles. The summed E-state index contributed by atoms with van der Waals surface area (Å²) in [5.74, 6) is -0.377. The summed E-state index contributed by atoms with van der Waals surface area (Å²) in [7, 11) is 1.86. The zero-order chi connectivity index (χ0) is 8.27. The molecule has 0 aliphatic rings. The minimum Gasteiger partial charge on any atom is -0.205 e. The lowest BCUT2D eigenvalue weighted by molar-refractivity contribution is 0.613. The third-order valence-electron chi connectivity index (χ3n) is 1.58. The Bertz CT molecular complexity index is 303. The van der Waals surface area contributed by atoms with Crippen molar-refractivity contribution < 1.29 is 4.39 Å². The first-order valence-corrected chi connectivity index (χ1v) is 3.47.